The maximum absolute atomic E-state index is 12.8. The van der Waals surface area contributed by atoms with Gasteiger partial charge in [-0.25, -0.2) is 4.39 Å². The summed E-state index contributed by atoms with van der Waals surface area (Å²) in [5.74, 6) is -0.370. The van der Waals surface area contributed by atoms with E-state index in [0.717, 1.165) is 11.8 Å². The average Bonchev–Trinajstić information content (AvgIpc) is 2.18. The van der Waals surface area contributed by atoms with Crippen molar-refractivity contribution < 1.29 is 4.39 Å². The molecule has 0 aliphatic heterocycles. The van der Waals surface area contributed by atoms with Gasteiger partial charge >= 0.3 is 0 Å². The Morgan fingerprint density at radius 2 is 1.57 bits per heavy atom. The third kappa shape index (κ3) is 1.69. The van der Waals surface area contributed by atoms with E-state index in [-0.39, 0.29) is 5.82 Å². The first-order chi connectivity index (χ1) is 6.75. The number of halogens is 1. The molecule has 0 saturated carbocycles. The maximum atomic E-state index is 12.8. The fourth-order valence-corrected chi connectivity index (χ4v) is 1.19. The molecular formula is C10H8FN3. The molecule has 0 saturated heterocycles. The van der Waals surface area contributed by atoms with Gasteiger partial charge in [-0.05, 0) is 12.1 Å². The molecule has 0 unspecified atom stereocenters. The second kappa shape index (κ2) is 3.41. The van der Waals surface area contributed by atoms with Crippen LogP contribution in [0.15, 0.2) is 36.9 Å². The van der Waals surface area contributed by atoms with Gasteiger partial charge in [0.2, 0.25) is 0 Å². The van der Waals surface area contributed by atoms with Crippen molar-refractivity contribution in [3.8, 4) is 11.1 Å². The summed E-state index contributed by atoms with van der Waals surface area (Å²) in [5.41, 5.74) is 7.54. The average molecular weight is 189 g/mol. The van der Waals surface area contributed by atoms with E-state index in [0.29, 0.717) is 11.3 Å². The normalized spacial score (nSPS) is 10.1. The van der Waals surface area contributed by atoms with Crippen LogP contribution in [0.3, 0.4) is 0 Å². The number of nitrogen functional groups attached to an aromatic ring is 1. The molecule has 0 spiro atoms. The van der Waals surface area contributed by atoms with Gasteiger partial charge in [-0.2, -0.15) is 0 Å². The lowest BCUT2D eigenvalue weighted by atomic mass is 10.1. The number of hydrogen-bond donors (Lipinski definition) is 1. The summed E-state index contributed by atoms with van der Waals surface area (Å²) >= 11 is 0. The molecule has 2 heterocycles. The van der Waals surface area contributed by atoms with Crippen LogP contribution in [0.2, 0.25) is 0 Å². The van der Waals surface area contributed by atoms with Gasteiger partial charge in [-0.15, -0.1) is 0 Å². The highest BCUT2D eigenvalue weighted by molar-refractivity contribution is 5.64. The first kappa shape index (κ1) is 8.62. The molecule has 70 valence electrons. The summed E-state index contributed by atoms with van der Waals surface area (Å²) in [4.78, 5) is 7.66. The number of nitrogens with two attached hydrogens (primary N) is 1. The predicted octanol–water partition coefficient (Wildman–Crippen LogP) is 1.86. The molecule has 0 aliphatic carbocycles. The van der Waals surface area contributed by atoms with Crippen molar-refractivity contribution in [2.24, 2.45) is 0 Å². The lowest BCUT2D eigenvalue weighted by Crippen LogP contribution is -1.88. The molecule has 0 radical (unpaired) electrons. The van der Waals surface area contributed by atoms with Crippen molar-refractivity contribution in [2.75, 3.05) is 5.73 Å². The highest BCUT2D eigenvalue weighted by atomic mass is 19.1. The minimum Gasteiger partial charge on any atom is -0.397 e. The van der Waals surface area contributed by atoms with E-state index in [1.807, 2.05) is 0 Å². The van der Waals surface area contributed by atoms with Crippen LogP contribution >= 0.6 is 0 Å². The third-order valence-corrected chi connectivity index (χ3v) is 1.80. The lowest BCUT2D eigenvalue weighted by Gasteiger charge is -2.00. The zero-order valence-electron chi connectivity index (χ0n) is 7.31. The number of nitrogens with zero attached hydrogens (tertiary/aromatic N) is 2. The summed E-state index contributed by atoms with van der Waals surface area (Å²) in [6.45, 7) is 0. The summed E-state index contributed by atoms with van der Waals surface area (Å²) in [6.07, 6.45) is 5.88. The number of hydrogen-bond acceptors (Lipinski definition) is 3. The molecule has 0 amide bonds. The molecule has 0 aliphatic rings. The van der Waals surface area contributed by atoms with Gasteiger partial charge in [-0.3, -0.25) is 9.97 Å². The van der Waals surface area contributed by atoms with E-state index in [9.17, 15) is 4.39 Å². The van der Waals surface area contributed by atoms with E-state index in [2.05, 4.69) is 9.97 Å². The van der Waals surface area contributed by atoms with Gasteiger partial charge in [0, 0.05) is 29.7 Å². The molecule has 2 aromatic heterocycles. The SMILES string of the molecule is Nc1cncc(-c2cncc(F)c2)c1. The maximum Gasteiger partial charge on any atom is 0.142 e. The van der Waals surface area contributed by atoms with Crippen molar-refractivity contribution in [2.45, 2.75) is 0 Å². The molecule has 14 heavy (non-hydrogen) atoms. The Balaban J connectivity index is 2.49. The number of pyridine rings is 2. The topological polar surface area (TPSA) is 51.8 Å². The molecular weight excluding hydrogens is 181 g/mol. The van der Waals surface area contributed by atoms with E-state index >= 15 is 0 Å². The molecule has 2 aromatic rings. The third-order valence-electron chi connectivity index (χ3n) is 1.80. The van der Waals surface area contributed by atoms with Crippen LogP contribution in [0.1, 0.15) is 0 Å². The predicted molar refractivity (Wildman–Crippen MR) is 51.8 cm³/mol. The van der Waals surface area contributed by atoms with Gasteiger partial charge in [0.1, 0.15) is 5.82 Å². The lowest BCUT2D eigenvalue weighted by molar-refractivity contribution is 0.622. The zero-order valence-corrected chi connectivity index (χ0v) is 7.31. The molecule has 0 aromatic carbocycles. The highest BCUT2D eigenvalue weighted by Gasteiger charge is 2.00. The Morgan fingerprint density at radius 1 is 0.929 bits per heavy atom. The standard InChI is InChI=1S/C10H8FN3/c11-9-1-7(3-13-5-9)8-2-10(12)6-14-4-8/h1-6H,12H2. The summed E-state index contributed by atoms with van der Waals surface area (Å²) in [6, 6.07) is 3.12. The van der Waals surface area contributed by atoms with Crippen LogP contribution in [0.25, 0.3) is 11.1 Å². The van der Waals surface area contributed by atoms with Crippen molar-refractivity contribution >= 4 is 5.69 Å². The van der Waals surface area contributed by atoms with Crippen molar-refractivity contribution in [1.82, 2.24) is 9.97 Å². The van der Waals surface area contributed by atoms with E-state index in [1.165, 1.54) is 12.3 Å². The second-order valence-corrected chi connectivity index (χ2v) is 2.90. The molecule has 0 bridgehead atoms. The molecule has 2 rings (SSSR count). The van der Waals surface area contributed by atoms with E-state index < -0.39 is 0 Å². The van der Waals surface area contributed by atoms with Gasteiger partial charge < -0.3 is 5.73 Å². The minimum atomic E-state index is -0.370. The Morgan fingerprint density at radius 3 is 2.21 bits per heavy atom. The Kier molecular flexibility index (Phi) is 2.10. The van der Waals surface area contributed by atoms with Gasteiger partial charge in [0.05, 0.1) is 11.9 Å². The first-order valence-corrected chi connectivity index (χ1v) is 4.07. The molecule has 3 nitrogen and oxygen atoms in total. The zero-order chi connectivity index (χ0) is 9.97. The smallest absolute Gasteiger partial charge is 0.142 e. The van der Waals surface area contributed by atoms with E-state index in [4.69, 9.17) is 5.73 Å². The van der Waals surface area contributed by atoms with Crippen LogP contribution < -0.4 is 5.73 Å². The minimum absolute atomic E-state index is 0.370. The quantitative estimate of drug-likeness (QED) is 0.744. The highest BCUT2D eigenvalue weighted by Crippen LogP contribution is 2.19. The van der Waals surface area contributed by atoms with Crippen LogP contribution in [0.5, 0.6) is 0 Å². The van der Waals surface area contributed by atoms with Crippen LogP contribution in [0, 0.1) is 5.82 Å². The van der Waals surface area contributed by atoms with Crippen LogP contribution in [0.4, 0.5) is 10.1 Å². The summed E-state index contributed by atoms with van der Waals surface area (Å²) in [5, 5.41) is 0. The largest absolute Gasteiger partial charge is 0.397 e. The van der Waals surface area contributed by atoms with Crippen molar-refractivity contribution in [3.63, 3.8) is 0 Å². The first-order valence-electron chi connectivity index (χ1n) is 4.07. The monoisotopic (exact) mass is 189 g/mol. The Bertz CT molecular complexity index is 413. The van der Waals surface area contributed by atoms with Gasteiger partial charge in [0.15, 0.2) is 0 Å². The van der Waals surface area contributed by atoms with Gasteiger partial charge in [0.25, 0.3) is 0 Å². The van der Waals surface area contributed by atoms with Crippen molar-refractivity contribution in [1.29, 1.82) is 0 Å². The Hall–Kier alpha value is -1.97. The summed E-state index contributed by atoms with van der Waals surface area (Å²) < 4.78 is 12.8. The number of rotatable bonds is 1. The fourth-order valence-electron chi connectivity index (χ4n) is 1.19. The number of anilines is 1. The molecule has 0 fully saturated rings. The Labute approximate surface area is 80.4 Å². The van der Waals surface area contributed by atoms with Crippen LogP contribution in [-0.4, -0.2) is 9.97 Å². The molecule has 4 heteroatoms. The van der Waals surface area contributed by atoms with Crippen LogP contribution in [-0.2, 0) is 0 Å². The molecule has 0 atom stereocenters. The second-order valence-electron chi connectivity index (χ2n) is 2.90. The molecule has 2 N–H and O–H groups in total. The fraction of sp³-hybridized carbons (Fsp3) is 0. The van der Waals surface area contributed by atoms with E-state index in [1.54, 1.807) is 18.5 Å². The van der Waals surface area contributed by atoms with Gasteiger partial charge in [-0.1, -0.05) is 0 Å². The van der Waals surface area contributed by atoms with Crippen molar-refractivity contribution in [3.05, 3.63) is 42.7 Å². The summed E-state index contributed by atoms with van der Waals surface area (Å²) in [7, 11) is 0. The number of aromatic nitrogens is 2.